The first-order valence-electron chi connectivity index (χ1n) is 6.88. The van der Waals surface area contributed by atoms with Crippen molar-refractivity contribution in [2.75, 3.05) is 26.7 Å². The highest BCUT2D eigenvalue weighted by molar-refractivity contribution is 5.79. The van der Waals surface area contributed by atoms with E-state index in [0.717, 1.165) is 25.9 Å². The van der Waals surface area contributed by atoms with E-state index < -0.39 is 0 Å². The third-order valence-electron chi connectivity index (χ3n) is 4.59. The van der Waals surface area contributed by atoms with E-state index >= 15 is 0 Å². The Morgan fingerprint density at radius 1 is 1.35 bits per heavy atom. The van der Waals surface area contributed by atoms with E-state index in [0.29, 0.717) is 18.6 Å². The Morgan fingerprint density at radius 2 is 2.06 bits per heavy atom. The molecule has 0 aromatic carbocycles. The molecule has 3 atom stereocenters. The number of amides is 1. The summed E-state index contributed by atoms with van der Waals surface area (Å²) in [6.45, 7) is 4.35. The van der Waals surface area contributed by atoms with Crippen LogP contribution in [0.1, 0.15) is 32.6 Å². The maximum Gasteiger partial charge on any atom is 0.226 e. The second-order valence-corrected chi connectivity index (χ2v) is 5.46. The number of rotatable bonds is 3. The smallest absolute Gasteiger partial charge is 0.226 e. The van der Waals surface area contributed by atoms with E-state index in [1.54, 1.807) is 0 Å². The number of nitrogens with zero attached hydrogens (tertiary/aromatic N) is 2. The fourth-order valence-corrected chi connectivity index (χ4v) is 3.21. The predicted octanol–water partition coefficient (Wildman–Crippen LogP) is 0.666. The summed E-state index contributed by atoms with van der Waals surface area (Å²) in [4.78, 5) is 16.8. The molecule has 2 fully saturated rings. The molecule has 4 nitrogen and oxygen atoms in total. The van der Waals surface area contributed by atoms with E-state index in [1.165, 1.54) is 12.8 Å². The first kappa shape index (κ1) is 12.8. The van der Waals surface area contributed by atoms with Crippen molar-refractivity contribution in [3.8, 4) is 0 Å². The molecule has 2 saturated heterocycles. The molecule has 0 spiro atoms. The van der Waals surface area contributed by atoms with Crippen molar-refractivity contribution in [2.45, 2.75) is 44.7 Å². The minimum Gasteiger partial charge on any atom is -0.341 e. The third kappa shape index (κ3) is 2.47. The largest absolute Gasteiger partial charge is 0.341 e. The summed E-state index contributed by atoms with van der Waals surface area (Å²) in [6.07, 6.45) is 4.52. The molecule has 0 aromatic rings. The van der Waals surface area contributed by atoms with Gasteiger partial charge in [-0.3, -0.25) is 9.69 Å². The molecule has 0 aromatic heterocycles. The van der Waals surface area contributed by atoms with Gasteiger partial charge in [0.1, 0.15) is 0 Å². The first-order valence-corrected chi connectivity index (χ1v) is 6.88. The molecule has 2 rings (SSSR count). The lowest BCUT2D eigenvalue weighted by atomic mass is 10.0. The third-order valence-corrected chi connectivity index (χ3v) is 4.59. The van der Waals surface area contributed by atoms with Gasteiger partial charge in [0.15, 0.2) is 0 Å². The highest BCUT2D eigenvalue weighted by Crippen LogP contribution is 2.29. The molecule has 0 aliphatic carbocycles. The van der Waals surface area contributed by atoms with Crippen molar-refractivity contribution < 1.29 is 4.79 Å². The Hall–Kier alpha value is -0.610. The molecule has 2 aliphatic rings. The zero-order valence-electron chi connectivity index (χ0n) is 11.1. The minimum atomic E-state index is 0.0249. The number of carbonyl (C=O) groups excluding carboxylic acids is 1. The average Bonchev–Trinajstić information content (AvgIpc) is 2.54. The predicted molar refractivity (Wildman–Crippen MR) is 68.6 cm³/mol. The zero-order valence-corrected chi connectivity index (χ0v) is 11.1. The van der Waals surface area contributed by atoms with E-state index in [9.17, 15) is 4.79 Å². The number of likely N-dealkylation sites (tertiary alicyclic amines) is 1. The van der Waals surface area contributed by atoms with Crippen LogP contribution in [0.15, 0.2) is 0 Å². The van der Waals surface area contributed by atoms with E-state index in [-0.39, 0.29) is 11.8 Å². The Labute approximate surface area is 104 Å². The SMILES string of the molecule is CCC(CN)C(=O)N1CCC2CCC(C1)N2C. The van der Waals surface area contributed by atoms with Gasteiger partial charge in [0.05, 0.1) is 5.92 Å². The van der Waals surface area contributed by atoms with Crippen LogP contribution in [-0.4, -0.2) is 54.5 Å². The molecule has 3 unspecified atom stereocenters. The summed E-state index contributed by atoms with van der Waals surface area (Å²) >= 11 is 0. The minimum absolute atomic E-state index is 0.0249. The van der Waals surface area contributed by atoms with Gasteiger partial charge >= 0.3 is 0 Å². The molecule has 2 bridgehead atoms. The van der Waals surface area contributed by atoms with Gasteiger partial charge in [0, 0.05) is 31.7 Å². The van der Waals surface area contributed by atoms with Crippen LogP contribution in [0.3, 0.4) is 0 Å². The Bertz CT molecular complexity index is 278. The Kier molecular flexibility index (Phi) is 4.05. The Morgan fingerprint density at radius 3 is 2.71 bits per heavy atom. The van der Waals surface area contributed by atoms with Crippen molar-refractivity contribution in [3.63, 3.8) is 0 Å². The molecule has 98 valence electrons. The van der Waals surface area contributed by atoms with Crippen LogP contribution in [0.2, 0.25) is 0 Å². The molecule has 2 N–H and O–H groups in total. The lowest BCUT2D eigenvalue weighted by molar-refractivity contribution is -0.135. The number of hydrogen-bond acceptors (Lipinski definition) is 3. The average molecular weight is 239 g/mol. The van der Waals surface area contributed by atoms with Gasteiger partial charge < -0.3 is 10.6 Å². The topological polar surface area (TPSA) is 49.6 Å². The van der Waals surface area contributed by atoms with Crippen LogP contribution in [0, 0.1) is 5.92 Å². The second kappa shape index (κ2) is 5.36. The highest BCUT2D eigenvalue weighted by atomic mass is 16.2. The van der Waals surface area contributed by atoms with Gasteiger partial charge in [0.2, 0.25) is 5.91 Å². The maximum atomic E-state index is 12.3. The zero-order chi connectivity index (χ0) is 12.4. The van der Waals surface area contributed by atoms with Gasteiger partial charge in [0.25, 0.3) is 0 Å². The molecule has 0 radical (unpaired) electrons. The molecular formula is C13H25N3O. The van der Waals surface area contributed by atoms with Crippen molar-refractivity contribution in [1.82, 2.24) is 9.80 Å². The van der Waals surface area contributed by atoms with Gasteiger partial charge in [-0.1, -0.05) is 6.92 Å². The van der Waals surface area contributed by atoms with Crippen LogP contribution in [0.4, 0.5) is 0 Å². The summed E-state index contributed by atoms with van der Waals surface area (Å²) in [5.41, 5.74) is 5.68. The molecule has 1 amide bonds. The molecule has 17 heavy (non-hydrogen) atoms. The monoisotopic (exact) mass is 239 g/mol. The van der Waals surface area contributed by atoms with Crippen LogP contribution >= 0.6 is 0 Å². The van der Waals surface area contributed by atoms with E-state index in [2.05, 4.69) is 16.8 Å². The van der Waals surface area contributed by atoms with Crippen LogP contribution in [0.25, 0.3) is 0 Å². The number of nitrogens with two attached hydrogens (primary N) is 1. The quantitative estimate of drug-likeness (QED) is 0.787. The van der Waals surface area contributed by atoms with E-state index in [4.69, 9.17) is 5.73 Å². The molecule has 4 heteroatoms. The van der Waals surface area contributed by atoms with E-state index in [1.807, 2.05) is 6.92 Å². The van der Waals surface area contributed by atoms with Crippen LogP contribution in [-0.2, 0) is 4.79 Å². The summed E-state index contributed by atoms with van der Waals surface area (Å²) in [5.74, 6) is 0.299. The maximum absolute atomic E-state index is 12.3. The number of fused-ring (bicyclic) bond motifs is 2. The van der Waals surface area contributed by atoms with Crippen LogP contribution in [0.5, 0.6) is 0 Å². The van der Waals surface area contributed by atoms with Crippen molar-refractivity contribution in [2.24, 2.45) is 11.7 Å². The fourth-order valence-electron chi connectivity index (χ4n) is 3.21. The summed E-state index contributed by atoms with van der Waals surface area (Å²) in [6, 6.07) is 1.26. The molecule has 2 aliphatic heterocycles. The summed E-state index contributed by atoms with van der Waals surface area (Å²) in [7, 11) is 2.20. The number of likely N-dealkylation sites (N-methyl/N-ethyl adjacent to an activating group) is 1. The molecular weight excluding hydrogens is 214 g/mol. The number of hydrogen-bond donors (Lipinski definition) is 1. The molecule has 0 saturated carbocycles. The van der Waals surface area contributed by atoms with Crippen LogP contribution < -0.4 is 5.73 Å². The highest BCUT2D eigenvalue weighted by Gasteiger charge is 2.36. The lowest BCUT2D eigenvalue weighted by Gasteiger charge is -2.28. The fraction of sp³-hybridized carbons (Fsp3) is 0.923. The first-order chi connectivity index (χ1) is 8.17. The van der Waals surface area contributed by atoms with Crippen molar-refractivity contribution in [3.05, 3.63) is 0 Å². The Balaban J connectivity index is 2.01. The van der Waals surface area contributed by atoms with Crippen molar-refractivity contribution >= 4 is 5.91 Å². The van der Waals surface area contributed by atoms with Gasteiger partial charge in [-0.15, -0.1) is 0 Å². The lowest BCUT2D eigenvalue weighted by Crippen LogP contribution is -2.43. The normalized spacial score (nSPS) is 31.4. The van der Waals surface area contributed by atoms with Crippen molar-refractivity contribution in [1.29, 1.82) is 0 Å². The summed E-state index contributed by atoms with van der Waals surface area (Å²) < 4.78 is 0. The standard InChI is InChI=1S/C13H25N3O/c1-3-10(8-14)13(17)16-7-6-11-4-5-12(9-16)15(11)2/h10-12H,3-9,14H2,1-2H3. The van der Waals surface area contributed by atoms with Gasteiger partial charge in [-0.25, -0.2) is 0 Å². The van der Waals surface area contributed by atoms with Gasteiger partial charge in [-0.2, -0.15) is 0 Å². The summed E-state index contributed by atoms with van der Waals surface area (Å²) in [5, 5.41) is 0. The number of carbonyl (C=O) groups is 1. The second-order valence-electron chi connectivity index (χ2n) is 5.46. The molecule has 2 heterocycles. The van der Waals surface area contributed by atoms with Gasteiger partial charge in [-0.05, 0) is 32.7 Å².